The van der Waals surface area contributed by atoms with E-state index in [4.69, 9.17) is 21.7 Å². The lowest BCUT2D eigenvalue weighted by molar-refractivity contribution is -0.160. The summed E-state index contributed by atoms with van der Waals surface area (Å²) in [6.45, 7) is 1.26. The van der Waals surface area contributed by atoms with E-state index in [2.05, 4.69) is 22.1 Å². The fraction of sp³-hybridized carbons (Fsp3) is 0.500. The molecule has 0 spiro atoms. The predicted molar refractivity (Wildman–Crippen MR) is 65.4 cm³/mol. The number of rotatable bonds is 1. The molecule has 1 aromatic heterocycles. The smallest absolute Gasteiger partial charge is 0.168 e. The van der Waals surface area contributed by atoms with E-state index in [1.54, 1.807) is 11.3 Å². The van der Waals surface area contributed by atoms with Gasteiger partial charge in [-0.3, -0.25) is 0 Å². The lowest BCUT2D eigenvalue weighted by Crippen LogP contribution is -2.62. The highest BCUT2D eigenvalue weighted by Crippen LogP contribution is 2.29. The highest BCUT2D eigenvalue weighted by molar-refractivity contribution is 7.80. The summed E-state index contributed by atoms with van der Waals surface area (Å²) >= 11 is 6.87. The van der Waals surface area contributed by atoms with Gasteiger partial charge in [-0.25, -0.2) is 0 Å². The first-order valence-corrected chi connectivity index (χ1v) is 6.47. The average Bonchev–Trinajstić information content (AvgIpc) is 2.81. The van der Waals surface area contributed by atoms with E-state index < -0.39 is 0 Å². The SMILES string of the molecule is S=C1N[C@@H]2OCCO[C@@H]2[C@@H](c2cccs2)N1. The van der Waals surface area contributed by atoms with Crippen LogP contribution in [-0.4, -0.2) is 30.7 Å². The first kappa shape index (κ1) is 10.5. The number of nitrogens with one attached hydrogen (secondary N) is 2. The summed E-state index contributed by atoms with van der Waals surface area (Å²) in [5, 5.41) is 9.02. The van der Waals surface area contributed by atoms with E-state index in [-0.39, 0.29) is 18.4 Å². The summed E-state index contributed by atoms with van der Waals surface area (Å²) in [6, 6.07) is 4.22. The van der Waals surface area contributed by atoms with E-state index in [1.807, 2.05) is 6.07 Å². The highest BCUT2D eigenvalue weighted by Gasteiger charge is 2.39. The number of hydrogen-bond donors (Lipinski definition) is 2. The minimum absolute atomic E-state index is 0.0147. The molecule has 0 radical (unpaired) electrons. The fourth-order valence-corrected chi connectivity index (χ4v) is 3.09. The van der Waals surface area contributed by atoms with Gasteiger partial charge in [0.1, 0.15) is 6.10 Å². The van der Waals surface area contributed by atoms with Crippen LogP contribution in [-0.2, 0) is 9.47 Å². The average molecular weight is 256 g/mol. The molecular formula is C10H12N2O2S2. The molecule has 3 rings (SSSR count). The van der Waals surface area contributed by atoms with Crippen LogP contribution in [0.3, 0.4) is 0 Å². The van der Waals surface area contributed by atoms with Gasteiger partial charge in [-0.1, -0.05) is 6.07 Å². The minimum Gasteiger partial charge on any atom is -0.369 e. The van der Waals surface area contributed by atoms with Crippen LogP contribution in [0.1, 0.15) is 10.9 Å². The summed E-state index contributed by atoms with van der Waals surface area (Å²) in [5.41, 5.74) is 0. The molecule has 0 bridgehead atoms. The Bertz CT molecular complexity index is 382. The van der Waals surface area contributed by atoms with Gasteiger partial charge in [0.2, 0.25) is 0 Å². The van der Waals surface area contributed by atoms with E-state index in [1.165, 1.54) is 4.88 Å². The van der Waals surface area contributed by atoms with Crippen LogP contribution in [0.5, 0.6) is 0 Å². The molecule has 0 unspecified atom stereocenters. The van der Waals surface area contributed by atoms with Gasteiger partial charge in [0.05, 0.1) is 19.3 Å². The zero-order chi connectivity index (χ0) is 11.0. The summed E-state index contributed by atoms with van der Waals surface area (Å²) in [7, 11) is 0. The van der Waals surface area contributed by atoms with Gasteiger partial charge in [0.15, 0.2) is 11.3 Å². The third-order valence-corrected chi connectivity index (χ3v) is 3.92. The van der Waals surface area contributed by atoms with Crippen LogP contribution in [0.4, 0.5) is 0 Å². The zero-order valence-corrected chi connectivity index (χ0v) is 10.1. The Balaban J connectivity index is 1.87. The molecule has 16 heavy (non-hydrogen) atoms. The van der Waals surface area contributed by atoms with Gasteiger partial charge in [0, 0.05) is 4.88 Å². The number of fused-ring (bicyclic) bond motifs is 1. The van der Waals surface area contributed by atoms with Crippen molar-refractivity contribution in [3.63, 3.8) is 0 Å². The second-order valence-corrected chi connectivity index (χ2v) is 5.13. The van der Waals surface area contributed by atoms with Gasteiger partial charge in [-0.05, 0) is 23.7 Å². The molecule has 2 aliphatic rings. The molecule has 2 N–H and O–H groups in total. The van der Waals surface area contributed by atoms with Crippen LogP contribution in [0.25, 0.3) is 0 Å². The molecular weight excluding hydrogens is 244 g/mol. The van der Waals surface area contributed by atoms with E-state index in [0.717, 1.165) is 0 Å². The monoisotopic (exact) mass is 256 g/mol. The molecule has 2 saturated heterocycles. The first-order valence-electron chi connectivity index (χ1n) is 5.18. The second kappa shape index (κ2) is 4.29. The van der Waals surface area contributed by atoms with Crippen molar-refractivity contribution in [1.29, 1.82) is 0 Å². The summed E-state index contributed by atoms with van der Waals surface area (Å²) in [4.78, 5) is 1.23. The topological polar surface area (TPSA) is 42.5 Å². The molecule has 0 amide bonds. The molecule has 6 heteroatoms. The van der Waals surface area contributed by atoms with Crippen molar-refractivity contribution in [2.24, 2.45) is 0 Å². The summed E-state index contributed by atoms with van der Waals surface area (Å²) < 4.78 is 11.4. The van der Waals surface area contributed by atoms with Gasteiger partial charge >= 0.3 is 0 Å². The minimum atomic E-state index is -0.130. The van der Waals surface area contributed by atoms with Gasteiger partial charge in [-0.15, -0.1) is 11.3 Å². The normalized spacial score (nSPS) is 33.8. The van der Waals surface area contributed by atoms with Crippen molar-refractivity contribution in [3.8, 4) is 0 Å². The maximum Gasteiger partial charge on any atom is 0.168 e. The van der Waals surface area contributed by atoms with Crippen LogP contribution >= 0.6 is 23.6 Å². The molecule has 2 aliphatic heterocycles. The van der Waals surface area contributed by atoms with Gasteiger partial charge in [0.25, 0.3) is 0 Å². The third kappa shape index (κ3) is 1.82. The summed E-state index contributed by atoms with van der Waals surface area (Å²) in [6.07, 6.45) is -0.145. The van der Waals surface area contributed by atoms with Crippen molar-refractivity contribution in [2.45, 2.75) is 18.4 Å². The van der Waals surface area contributed by atoms with Crippen molar-refractivity contribution in [2.75, 3.05) is 13.2 Å². The zero-order valence-electron chi connectivity index (χ0n) is 8.51. The van der Waals surface area contributed by atoms with Gasteiger partial charge < -0.3 is 20.1 Å². The van der Waals surface area contributed by atoms with Crippen LogP contribution in [0.2, 0.25) is 0 Å². The van der Waals surface area contributed by atoms with Crippen molar-refractivity contribution < 1.29 is 9.47 Å². The van der Waals surface area contributed by atoms with Crippen LogP contribution < -0.4 is 10.6 Å². The molecule has 1 aromatic rings. The van der Waals surface area contributed by atoms with E-state index in [0.29, 0.717) is 18.3 Å². The van der Waals surface area contributed by atoms with Gasteiger partial charge in [-0.2, -0.15) is 0 Å². The Hall–Kier alpha value is -0.690. The number of hydrogen-bond acceptors (Lipinski definition) is 4. The molecule has 0 aromatic carbocycles. The first-order chi connectivity index (χ1) is 7.84. The second-order valence-electron chi connectivity index (χ2n) is 3.74. The molecule has 2 fully saturated rings. The fourth-order valence-electron chi connectivity index (χ4n) is 2.03. The Labute approximate surface area is 103 Å². The van der Waals surface area contributed by atoms with Crippen LogP contribution in [0.15, 0.2) is 17.5 Å². The van der Waals surface area contributed by atoms with Crippen molar-refractivity contribution in [3.05, 3.63) is 22.4 Å². The molecule has 0 aliphatic carbocycles. The van der Waals surface area contributed by atoms with E-state index >= 15 is 0 Å². The molecule has 3 atom stereocenters. The lowest BCUT2D eigenvalue weighted by Gasteiger charge is -2.42. The Morgan fingerprint density at radius 2 is 2.19 bits per heavy atom. The Morgan fingerprint density at radius 3 is 3.00 bits per heavy atom. The quantitative estimate of drug-likeness (QED) is 0.734. The van der Waals surface area contributed by atoms with Crippen LogP contribution in [0, 0.1) is 0 Å². The number of thiophene rings is 1. The molecule has 86 valence electrons. The number of thiocarbonyl (C=S) groups is 1. The number of ether oxygens (including phenoxy) is 2. The Kier molecular flexibility index (Phi) is 2.81. The third-order valence-electron chi connectivity index (χ3n) is 2.73. The van der Waals surface area contributed by atoms with Crippen molar-refractivity contribution >= 4 is 28.7 Å². The van der Waals surface area contributed by atoms with E-state index in [9.17, 15) is 0 Å². The molecule has 4 nitrogen and oxygen atoms in total. The standard InChI is InChI=1S/C10H12N2O2S2/c15-10-11-7(6-2-1-5-16-6)8-9(12-10)14-4-3-13-8/h1-2,5,7-9H,3-4H2,(H2,11,12,15)/t7-,8-,9-/m1/s1. The molecule has 3 heterocycles. The van der Waals surface area contributed by atoms with Crippen molar-refractivity contribution in [1.82, 2.24) is 10.6 Å². The maximum atomic E-state index is 5.76. The lowest BCUT2D eigenvalue weighted by atomic mass is 10.1. The maximum absolute atomic E-state index is 5.76. The highest BCUT2D eigenvalue weighted by atomic mass is 32.1. The Morgan fingerprint density at radius 1 is 1.31 bits per heavy atom. The summed E-state index contributed by atoms with van der Waals surface area (Å²) in [5.74, 6) is 0. The largest absolute Gasteiger partial charge is 0.369 e. The molecule has 0 saturated carbocycles. The predicted octanol–water partition coefficient (Wildman–Crippen LogP) is 1.01.